The summed E-state index contributed by atoms with van der Waals surface area (Å²) in [6.45, 7) is 1.70. The molecule has 12 N–H and O–H groups in total. The number of hydrogen-bond acceptors (Lipinski definition) is 18. The van der Waals surface area contributed by atoms with Gasteiger partial charge in [-0.05, 0) is 89.9 Å². The Balaban J connectivity index is 1.33. The Hall–Kier alpha value is -3.81. The molecule has 3 aliphatic rings. The zero-order valence-electron chi connectivity index (χ0n) is 66.1. The Morgan fingerprint density at radius 2 is 0.645 bits per heavy atom. The summed E-state index contributed by atoms with van der Waals surface area (Å²) in [5.74, 6) is -0.249. The van der Waals surface area contributed by atoms with Crippen molar-refractivity contribution in [2.24, 2.45) is 0 Å². The summed E-state index contributed by atoms with van der Waals surface area (Å²) in [5.41, 5.74) is 0. The fraction of sp³-hybridized carbons (Fsp3) is 0.761. The smallest absolute Gasteiger partial charge is 0.220 e. The number of ether oxygens (including phenoxy) is 6. The van der Waals surface area contributed by atoms with Gasteiger partial charge in [-0.25, -0.2) is 0 Å². The number of aliphatic hydroxyl groups excluding tert-OH is 11. The first-order valence-electron chi connectivity index (χ1n) is 42.3. The van der Waals surface area contributed by atoms with Crippen LogP contribution < -0.4 is 5.32 Å². The lowest BCUT2D eigenvalue weighted by atomic mass is 9.96. The Morgan fingerprint density at radius 1 is 0.346 bits per heavy atom. The molecule has 3 aliphatic heterocycles. The number of amides is 1. The minimum Gasteiger partial charge on any atom is -0.394 e. The minimum absolute atomic E-state index is 0.249. The van der Waals surface area contributed by atoms with Gasteiger partial charge in [0, 0.05) is 6.42 Å². The molecular formula is C88H151NO18. The van der Waals surface area contributed by atoms with Crippen LogP contribution in [0, 0.1) is 0 Å². The molecule has 3 saturated heterocycles. The van der Waals surface area contributed by atoms with E-state index >= 15 is 0 Å². The number of allylic oxidation sites excluding steroid dienone is 20. The van der Waals surface area contributed by atoms with Crippen molar-refractivity contribution in [3.05, 3.63) is 122 Å². The SMILES string of the molecule is CC/C=C\C/C=C\C/C=C\C/C=C\C/C=C\C/C=C\C/C=C\C/C=C\C/C=C\C/C=C\CCCCCCCCCCCCC(=O)NC(COC1OC(CO)C(OC2OC(CO)C(OC3OC(CO)C(O)C(O)C3O)C(O)C2O)C(O)C1O)C(O)CCCCCCCCCCCCCCCCCCCCCCC. The Kier molecular flexibility index (Phi) is 60.8. The Labute approximate surface area is 646 Å². The van der Waals surface area contributed by atoms with E-state index in [1.54, 1.807) is 0 Å². The van der Waals surface area contributed by atoms with Gasteiger partial charge in [0.2, 0.25) is 5.91 Å². The van der Waals surface area contributed by atoms with Crippen LogP contribution in [0.2, 0.25) is 0 Å². The summed E-state index contributed by atoms with van der Waals surface area (Å²) in [6, 6.07) is -0.899. The molecule has 0 aliphatic carbocycles. The van der Waals surface area contributed by atoms with Crippen LogP contribution in [0.5, 0.6) is 0 Å². The lowest BCUT2D eigenvalue weighted by Gasteiger charge is -2.48. The van der Waals surface area contributed by atoms with Crippen molar-refractivity contribution in [3.8, 4) is 0 Å². The van der Waals surface area contributed by atoms with E-state index < -0.39 is 124 Å². The molecule has 0 bridgehead atoms. The molecule has 1 amide bonds. The van der Waals surface area contributed by atoms with E-state index in [1.165, 1.54) is 141 Å². The zero-order valence-corrected chi connectivity index (χ0v) is 66.1. The van der Waals surface area contributed by atoms with Crippen LogP contribution >= 0.6 is 0 Å². The molecule has 0 saturated carbocycles. The second kappa shape index (κ2) is 66.8. The van der Waals surface area contributed by atoms with E-state index in [4.69, 9.17) is 28.4 Å². The second-order valence-corrected chi connectivity index (χ2v) is 29.6. The molecule has 19 nitrogen and oxygen atoms in total. The molecule has 0 aromatic carbocycles. The number of carbonyl (C=O) groups excluding carboxylic acids is 1. The van der Waals surface area contributed by atoms with E-state index in [-0.39, 0.29) is 18.9 Å². The maximum absolute atomic E-state index is 13.5. The maximum Gasteiger partial charge on any atom is 0.220 e. The number of rotatable bonds is 66. The van der Waals surface area contributed by atoms with Crippen molar-refractivity contribution < 1.29 is 89.4 Å². The van der Waals surface area contributed by atoms with E-state index in [0.29, 0.717) is 12.8 Å². The van der Waals surface area contributed by atoms with Crippen LogP contribution in [0.1, 0.15) is 296 Å². The summed E-state index contributed by atoms with van der Waals surface area (Å²) >= 11 is 0. The van der Waals surface area contributed by atoms with Crippen molar-refractivity contribution in [1.29, 1.82) is 0 Å². The molecule has 17 unspecified atom stereocenters. The number of hydrogen-bond donors (Lipinski definition) is 12. The Morgan fingerprint density at radius 3 is 1.01 bits per heavy atom. The summed E-state index contributed by atoms with van der Waals surface area (Å²) in [4.78, 5) is 13.5. The molecular weight excluding hydrogens is 1360 g/mol. The first-order chi connectivity index (χ1) is 52.3. The third kappa shape index (κ3) is 46.1. The molecule has 616 valence electrons. The molecule has 0 aromatic rings. The van der Waals surface area contributed by atoms with Crippen LogP contribution in [-0.4, -0.2) is 193 Å². The van der Waals surface area contributed by atoms with Crippen molar-refractivity contribution in [2.45, 2.75) is 401 Å². The highest BCUT2D eigenvalue weighted by Crippen LogP contribution is 2.33. The number of nitrogens with one attached hydrogen (secondary N) is 1. The largest absolute Gasteiger partial charge is 0.394 e. The number of unbranched alkanes of at least 4 members (excludes halogenated alkanes) is 30. The van der Waals surface area contributed by atoms with Crippen LogP contribution in [0.4, 0.5) is 0 Å². The highest BCUT2D eigenvalue weighted by Gasteiger charge is 2.54. The third-order valence-electron chi connectivity index (χ3n) is 20.3. The molecule has 0 aromatic heterocycles. The normalized spacial score (nSPS) is 26.2. The fourth-order valence-electron chi connectivity index (χ4n) is 13.6. The van der Waals surface area contributed by atoms with Crippen molar-refractivity contribution >= 4 is 5.91 Å². The average Bonchev–Trinajstić information content (AvgIpc) is 0.782. The summed E-state index contributed by atoms with van der Waals surface area (Å²) in [7, 11) is 0. The van der Waals surface area contributed by atoms with Crippen LogP contribution in [-0.2, 0) is 33.2 Å². The maximum atomic E-state index is 13.5. The minimum atomic E-state index is -1.98. The summed E-state index contributed by atoms with van der Waals surface area (Å²) in [5, 5.41) is 121. The standard InChI is InChI=1S/C88H151NO18/c1-3-5-7-9-11-13-15-17-19-21-23-25-26-27-28-29-30-31-32-33-34-35-36-37-38-39-40-41-42-43-44-46-48-50-52-54-56-58-60-62-64-66-76(94)89-71(72(93)65-63-61-59-57-55-53-51-49-47-45-24-22-20-18-16-14-12-10-8-6-4-2)70-102-86-82(100)79(97)84(74(68-91)104-86)107-88-83(101)80(98)85(75(69-92)105-88)106-87-81(99)78(96)77(95)73(67-90)103-87/h5,7,11,13,17,19,23,25,27-28,30-31,33-34,36-37,39-40,42-43,71-75,77-88,90-93,95-101H,3-4,6,8-10,12,14-16,18,20-22,24,26,29,32,35,38,41,44-70H2,1-2H3,(H,89,94)/b7-5-,13-11-,19-17-,25-23-,28-27-,31-30-,34-33-,37-36-,40-39-,43-42-. The van der Waals surface area contributed by atoms with Gasteiger partial charge >= 0.3 is 0 Å². The molecule has 3 rings (SSSR count). The number of carbonyl (C=O) groups is 1. The first-order valence-corrected chi connectivity index (χ1v) is 42.3. The topological polar surface area (TPSA) is 307 Å². The molecule has 0 spiro atoms. The monoisotopic (exact) mass is 1510 g/mol. The lowest BCUT2D eigenvalue weighted by Crippen LogP contribution is -2.66. The predicted molar refractivity (Wildman–Crippen MR) is 429 cm³/mol. The van der Waals surface area contributed by atoms with E-state index in [1.807, 2.05) is 0 Å². The quantitative estimate of drug-likeness (QED) is 0.0199. The predicted octanol–water partition coefficient (Wildman–Crippen LogP) is 15.1. The van der Waals surface area contributed by atoms with E-state index in [9.17, 15) is 61.0 Å². The molecule has 3 fully saturated rings. The third-order valence-corrected chi connectivity index (χ3v) is 20.3. The fourth-order valence-corrected chi connectivity index (χ4v) is 13.6. The summed E-state index contributed by atoms with van der Waals surface area (Å²) < 4.78 is 34.5. The molecule has 0 radical (unpaired) electrons. The van der Waals surface area contributed by atoms with Crippen molar-refractivity contribution in [3.63, 3.8) is 0 Å². The van der Waals surface area contributed by atoms with Gasteiger partial charge in [0.25, 0.3) is 0 Å². The molecule has 19 heteroatoms. The highest BCUT2D eigenvalue weighted by molar-refractivity contribution is 5.76. The van der Waals surface area contributed by atoms with Gasteiger partial charge < -0.3 is 89.9 Å². The van der Waals surface area contributed by atoms with Gasteiger partial charge in [0.05, 0.1) is 38.6 Å². The van der Waals surface area contributed by atoms with Gasteiger partial charge in [-0.3, -0.25) is 4.79 Å². The van der Waals surface area contributed by atoms with E-state index in [0.717, 1.165) is 122 Å². The Bertz CT molecular complexity index is 2410. The van der Waals surface area contributed by atoms with Crippen LogP contribution in [0.15, 0.2) is 122 Å². The average molecular weight is 1510 g/mol. The van der Waals surface area contributed by atoms with Gasteiger partial charge in [-0.15, -0.1) is 0 Å². The van der Waals surface area contributed by atoms with Crippen LogP contribution in [0.25, 0.3) is 0 Å². The highest BCUT2D eigenvalue weighted by atomic mass is 16.8. The van der Waals surface area contributed by atoms with E-state index in [2.05, 4.69) is 141 Å². The van der Waals surface area contributed by atoms with Crippen LogP contribution in [0.3, 0.4) is 0 Å². The van der Waals surface area contributed by atoms with Crippen molar-refractivity contribution in [1.82, 2.24) is 5.32 Å². The first kappa shape index (κ1) is 97.4. The molecule has 3 heterocycles. The summed E-state index contributed by atoms with van der Waals surface area (Å²) in [6.07, 6.45) is 67.1. The molecule has 107 heavy (non-hydrogen) atoms. The molecule has 17 atom stereocenters. The number of aliphatic hydroxyl groups is 11. The lowest BCUT2D eigenvalue weighted by molar-refractivity contribution is -0.379. The van der Waals surface area contributed by atoms with Crippen molar-refractivity contribution in [2.75, 3.05) is 26.4 Å². The second-order valence-electron chi connectivity index (χ2n) is 29.6. The zero-order chi connectivity index (χ0) is 77.4. The van der Waals surface area contributed by atoms with Gasteiger partial charge in [0.1, 0.15) is 73.2 Å². The van der Waals surface area contributed by atoms with Gasteiger partial charge in [-0.2, -0.15) is 0 Å². The van der Waals surface area contributed by atoms with Gasteiger partial charge in [-0.1, -0.05) is 322 Å². The van der Waals surface area contributed by atoms with Gasteiger partial charge in [0.15, 0.2) is 18.9 Å².